The first-order chi connectivity index (χ1) is 8.43. The molecule has 0 saturated carbocycles. The second-order valence-corrected chi connectivity index (χ2v) is 5.66. The number of imidazole rings is 1. The van der Waals surface area contributed by atoms with Crippen LogP contribution in [0.5, 0.6) is 0 Å². The van der Waals surface area contributed by atoms with Crippen LogP contribution < -0.4 is 5.32 Å². The largest absolute Gasteiger partial charge is 0.351 e. The van der Waals surface area contributed by atoms with Crippen LogP contribution in [0.2, 0.25) is 0 Å². The van der Waals surface area contributed by atoms with Gasteiger partial charge in [0.25, 0.3) is 0 Å². The summed E-state index contributed by atoms with van der Waals surface area (Å²) in [6.07, 6.45) is 3.25. The van der Waals surface area contributed by atoms with E-state index in [1.54, 1.807) is 0 Å². The van der Waals surface area contributed by atoms with Crippen LogP contribution in [0, 0.1) is 12.8 Å². The van der Waals surface area contributed by atoms with Gasteiger partial charge in [0.05, 0.1) is 5.69 Å². The quantitative estimate of drug-likeness (QED) is 0.810. The number of nitrogens with one attached hydrogen (secondary N) is 1. The lowest BCUT2D eigenvalue weighted by molar-refractivity contribution is 0.343. The Labute approximate surface area is 111 Å². The number of rotatable bonds is 7. The van der Waals surface area contributed by atoms with Crippen molar-refractivity contribution in [3.63, 3.8) is 0 Å². The number of aromatic nitrogens is 2. The Bertz CT molecular complexity index is 355. The molecule has 4 nitrogen and oxygen atoms in total. The summed E-state index contributed by atoms with van der Waals surface area (Å²) >= 11 is 0. The van der Waals surface area contributed by atoms with Crippen LogP contribution in [0.4, 0.5) is 5.95 Å². The highest BCUT2D eigenvalue weighted by Crippen LogP contribution is 2.14. The van der Waals surface area contributed by atoms with E-state index in [0.29, 0.717) is 12.0 Å². The second-order valence-electron chi connectivity index (χ2n) is 5.66. The molecule has 1 aromatic heterocycles. The molecule has 1 unspecified atom stereocenters. The molecule has 18 heavy (non-hydrogen) atoms. The summed E-state index contributed by atoms with van der Waals surface area (Å²) in [5.74, 6) is 1.59. The Morgan fingerprint density at radius 1 is 1.39 bits per heavy atom. The lowest BCUT2D eigenvalue weighted by Gasteiger charge is -2.26. The lowest BCUT2D eigenvalue weighted by atomic mass is 10.0. The molecule has 0 aliphatic rings. The molecule has 4 heteroatoms. The fourth-order valence-electron chi connectivity index (χ4n) is 2.06. The van der Waals surface area contributed by atoms with Gasteiger partial charge < -0.3 is 14.8 Å². The van der Waals surface area contributed by atoms with E-state index >= 15 is 0 Å². The van der Waals surface area contributed by atoms with Crippen LogP contribution in [0.3, 0.4) is 0 Å². The van der Waals surface area contributed by atoms with Gasteiger partial charge in [-0.3, -0.25) is 0 Å². The molecule has 1 aromatic rings. The highest BCUT2D eigenvalue weighted by Gasteiger charge is 2.16. The average Bonchev–Trinajstić information content (AvgIpc) is 2.58. The fraction of sp³-hybridized carbons (Fsp3) is 0.786. The molecule has 0 fully saturated rings. The van der Waals surface area contributed by atoms with Crippen LogP contribution in [0.25, 0.3) is 0 Å². The number of anilines is 1. The van der Waals surface area contributed by atoms with E-state index in [1.807, 2.05) is 6.92 Å². The lowest BCUT2D eigenvalue weighted by Crippen LogP contribution is -2.37. The molecule has 1 N–H and O–H groups in total. The molecule has 0 aliphatic heterocycles. The minimum Gasteiger partial charge on any atom is -0.351 e. The number of hydrogen-bond acceptors (Lipinski definition) is 3. The van der Waals surface area contributed by atoms with Crippen molar-refractivity contribution < 1.29 is 0 Å². The third kappa shape index (κ3) is 4.33. The molecular formula is C14H28N4. The molecule has 1 atom stereocenters. The van der Waals surface area contributed by atoms with E-state index in [2.05, 4.69) is 60.8 Å². The summed E-state index contributed by atoms with van der Waals surface area (Å²) in [6.45, 7) is 10.8. The van der Waals surface area contributed by atoms with Crippen molar-refractivity contribution in [1.29, 1.82) is 0 Å². The normalized spacial score (nSPS) is 13.3. The fourth-order valence-corrected chi connectivity index (χ4v) is 2.06. The summed E-state index contributed by atoms with van der Waals surface area (Å²) in [5, 5.41) is 3.59. The van der Waals surface area contributed by atoms with Crippen molar-refractivity contribution >= 4 is 5.95 Å². The molecule has 104 valence electrons. The van der Waals surface area contributed by atoms with Crippen molar-refractivity contribution in [1.82, 2.24) is 14.5 Å². The van der Waals surface area contributed by atoms with E-state index < -0.39 is 0 Å². The van der Waals surface area contributed by atoms with E-state index in [4.69, 9.17) is 0 Å². The zero-order valence-corrected chi connectivity index (χ0v) is 12.7. The molecule has 0 amide bonds. The third-order valence-corrected chi connectivity index (χ3v) is 3.04. The maximum absolute atomic E-state index is 4.59. The topological polar surface area (TPSA) is 33.1 Å². The van der Waals surface area contributed by atoms with Crippen LogP contribution in [-0.2, 0) is 6.54 Å². The Morgan fingerprint density at radius 3 is 2.56 bits per heavy atom. The van der Waals surface area contributed by atoms with Gasteiger partial charge in [-0.15, -0.1) is 0 Å². The second kappa shape index (κ2) is 6.78. The minimum absolute atomic E-state index is 0.428. The molecule has 1 rings (SSSR count). The molecule has 1 heterocycles. The molecule has 0 spiro atoms. The zero-order valence-electron chi connectivity index (χ0n) is 12.7. The Balaban J connectivity index is 2.79. The van der Waals surface area contributed by atoms with Crippen molar-refractivity contribution in [2.45, 2.75) is 46.7 Å². The van der Waals surface area contributed by atoms with Gasteiger partial charge in [-0.2, -0.15) is 0 Å². The Kier molecular flexibility index (Phi) is 5.66. The average molecular weight is 252 g/mol. The predicted molar refractivity (Wildman–Crippen MR) is 78.1 cm³/mol. The van der Waals surface area contributed by atoms with Crippen molar-refractivity contribution in [3.8, 4) is 0 Å². The van der Waals surface area contributed by atoms with E-state index in [9.17, 15) is 0 Å². The summed E-state index contributed by atoms with van der Waals surface area (Å²) in [4.78, 5) is 6.81. The van der Waals surface area contributed by atoms with E-state index in [1.165, 1.54) is 0 Å². The van der Waals surface area contributed by atoms with Gasteiger partial charge in [0.1, 0.15) is 0 Å². The van der Waals surface area contributed by atoms with Gasteiger partial charge in [-0.05, 0) is 33.4 Å². The first-order valence-corrected chi connectivity index (χ1v) is 6.89. The SMILES string of the molecule is CCCn1cc(C)nc1NC(CN(C)C)C(C)C. The standard InChI is InChI=1S/C14H28N4/c1-7-8-18-9-12(4)15-14(18)16-13(11(2)3)10-17(5)6/h9,11,13H,7-8,10H2,1-6H3,(H,15,16). The smallest absolute Gasteiger partial charge is 0.203 e. The monoisotopic (exact) mass is 252 g/mol. The summed E-state index contributed by atoms with van der Waals surface area (Å²) in [6, 6.07) is 0.428. The number of likely N-dealkylation sites (N-methyl/N-ethyl adjacent to an activating group) is 1. The summed E-state index contributed by atoms with van der Waals surface area (Å²) in [5.41, 5.74) is 1.08. The van der Waals surface area contributed by atoms with E-state index in [0.717, 1.165) is 31.2 Å². The molecule has 0 saturated heterocycles. The van der Waals surface area contributed by atoms with Crippen LogP contribution in [-0.4, -0.2) is 41.1 Å². The molecule has 0 radical (unpaired) electrons. The minimum atomic E-state index is 0.428. The van der Waals surface area contributed by atoms with Gasteiger partial charge in [-0.1, -0.05) is 20.8 Å². The van der Waals surface area contributed by atoms with Crippen molar-refractivity contribution in [3.05, 3.63) is 11.9 Å². The first kappa shape index (κ1) is 15.0. The first-order valence-electron chi connectivity index (χ1n) is 6.89. The number of aryl methyl sites for hydroxylation is 2. The number of nitrogens with zero attached hydrogens (tertiary/aromatic N) is 3. The van der Waals surface area contributed by atoms with Gasteiger partial charge in [0.2, 0.25) is 5.95 Å². The number of hydrogen-bond donors (Lipinski definition) is 1. The van der Waals surface area contributed by atoms with Gasteiger partial charge in [0.15, 0.2) is 0 Å². The molecule has 0 aromatic carbocycles. The summed E-state index contributed by atoms with van der Waals surface area (Å²) in [7, 11) is 4.22. The molecular weight excluding hydrogens is 224 g/mol. The van der Waals surface area contributed by atoms with Crippen LogP contribution in [0.1, 0.15) is 32.9 Å². The van der Waals surface area contributed by atoms with E-state index in [-0.39, 0.29) is 0 Å². The third-order valence-electron chi connectivity index (χ3n) is 3.04. The van der Waals surface area contributed by atoms with Crippen molar-refractivity contribution in [2.24, 2.45) is 5.92 Å². The maximum Gasteiger partial charge on any atom is 0.203 e. The zero-order chi connectivity index (χ0) is 13.7. The molecule has 0 bridgehead atoms. The van der Waals surface area contributed by atoms with Crippen molar-refractivity contribution in [2.75, 3.05) is 26.0 Å². The Hall–Kier alpha value is -1.03. The van der Waals surface area contributed by atoms with Crippen LogP contribution >= 0.6 is 0 Å². The summed E-state index contributed by atoms with van der Waals surface area (Å²) < 4.78 is 2.22. The molecule has 0 aliphatic carbocycles. The van der Waals surface area contributed by atoms with Crippen LogP contribution in [0.15, 0.2) is 6.20 Å². The predicted octanol–water partition coefficient (Wildman–Crippen LogP) is 2.60. The van der Waals surface area contributed by atoms with Gasteiger partial charge in [0, 0.05) is 25.3 Å². The van der Waals surface area contributed by atoms with Gasteiger partial charge in [-0.25, -0.2) is 4.98 Å². The highest BCUT2D eigenvalue weighted by atomic mass is 15.2. The maximum atomic E-state index is 4.59. The highest BCUT2D eigenvalue weighted by molar-refractivity contribution is 5.30. The Morgan fingerprint density at radius 2 is 2.06 bits per heavy atom. The van der Waals surface area contributed by atoms with Gasteiger partial charge >= 0.3 is 0 Å².